The minimum Gasteiger partial charge on any atom is -0.534 e. The van der Waals surface area contributed by atoms with Gasteiger partial charge in [-0.05, 0) is 31.4 Å². The van der Waals surface area contributed by atoms with Crippen molar-refractivity contribution in [1.29, 1.82) is 0 Å². The van der Waals surface area contributed by atoms with Gasteiger partial charge in [-0.25, -0.2) is 4.79 Å². The summed E-state index contributed by atoms with van der Waals surface area (Å²) in [5.41, 5.74) is 0.691. The van der Waals surface area contributed by atoms with Gasteiger partial charge in [0, 0.05) is 19.8 Å². The maximum absolute atomic E-state index is 12.2. The topological polar surface area (TPSA) is 128 Å². The van der Waals surface area contributed by atoms with Gasteiger partial charge >= 0.3 is 19.1 Å². The second kappa shape index (κ2) is 9.89. The first-order valence-corrected chi connectivity index (χ1v) is 8.84. The number of para-hydroxylation sites is 1. The summed E-state index contributed by atoms with van der Waals surface area (Å²) in [6.45, 7) is 2.12. The first-order valence-electron chi connectivity index (χ1n) is 8.84. The summed E-state index contributed by atoms with van der Waals surface area (Å²) in [6.07, 6.45) is 1.16. The van der Waals surface area contributed by atoms with E-state index in [-0.39, 0.29) is 35.8 Å². The molecule has 2 rings (SSSR count). The van der Waals surface area contributed by atoms with E-state index in [0.717, 1.165) is 0 Å². The number of esters is 2. The molecule has 1 atom stereocenters. The molecule has 0 aromatic heterocycles. The number of amides is 1. The molecule has 150 valence electrons. The lowest BCUT2D eigenvalue weighted by molar-refractivity contribution is -0.149. The molecule has 0 aliphatic carbocycles. The number of Topliss-reactive ketones (excluding diaryl/α,β-unsaturated/α-hetero) is 1. The Kier molecular flexibility index (Phi) is 7.56. The van der Waals surface area contributed by atoms with Crippen LogP contribution in [0, 0.1) is 0 Å². The minimum absolute atomic E-state index is 0.0101. The summed E-state index contributed by atoms with van der Waals surface area (Å²) in [7, 11) is -1.35. The molecule has 1 aliphatic heterocycles. The van der Waals surface area contributed by atoms with Crippen molar-refractivity contribution in [3.8, 4) is 5.75 Å². The first kappa shape index (κ1) is 21.4. The molecule has 1 aromatic rings. The van der Waals surface area contributed by atoms with E-state index >= 15 is 0 Å². The largest absolute Gasteiger partial charge is 0.547 e. The van der Waals surface area contributed by atoms with E-state index < -0.39 is 31.8 Å². The number of fused-ring (bicyclic) bond motifs is 1. The highest BCUT2D eigenvalue weighted by Crippen LogP contribution is 2.30. The van der Waals surface area contributed by atoms with E-state index in [1.165, 1.54) is 19.9 Å². The second-order valence-electron chi connectivity index (χ2n) is 6.42. The number of hydrogen-bond acceptors (Lipinski definition) is 8. The lowest BCUT2D eigenvalue weighted by Crippen LogP contribution is -2.53. The Hall–Kier alpha value is -2.88. The van der Waals surface area contributed by atoms with Gasteiger partial charge in [0.2, 0.25) is 12.7 Å². The molecule has 0 radical (unpaired) electrons. The van der Waals surface area contributed by atoms with Gasteiger partial charge in [0.05, 0.1) is 5.94 Å². The smallest absolute Gasteiger partial charge is 0.534 e. The Labute approximate surface area is 162 Å². The van der Waals surface area contributed by atoms with Crippen molar-refractivity contribution in [3.05, 3.63) is 29.3 Å². The molecule has 0 bridgehead atoms. The number of benzene rings is 1. The third-order valence-corrected chi connectivity index (χ3v) is 4.07. The SMILES string of the molecule is CC(=O)CCCC(=O)NC1Cc2cccc(C(=O)OCOC(C)=O)c2OB1O. The van der Waals surface area contributed by atoms with Crippen LogP contribution in [0.1, 0.15) is 49.0 Å². The summed E-state index contributed by atoms with van der Waals surface area (Å²) in [4.78, 5) is 45.8. The first-order chi connectivity index (χ1) is 13.3. The molecule has 9 nitrogen and oxygen atoms in total. The Bertz CT molecular complexity index is 766. The van der Waals surface area contributed by atoms with Crippen LogP contribution in [0.2, 0.25) is 0 Å². The zero-order chi connectivity index (χ0) is 20.7. The van der Waals surface area contributed by atoms with Crippen molar-refractivity contribution in [2.24, 2.45) is 0 Å². The Morgan fingerprint density at radius 3 is 2.64 bits per heavy atom. The third-order valence-electron chi connectivity index (χ3n) is 4.07. The van der Waals surface area contributed by atoms with Crippen LogP contribution in [-0.2, 0) is 30.3 Å². The molecular weight excluding hydrogens is 369 g/mol. The summed E-state index contributed by atoms with van der Waals surface area (Å²) >= 11 is 0. The van der Waals surface area contributed by atoms with Crippen LogP contribution in [0.15, 0.2) is 18.2 Å². The number of hydrogen-bond donors (Lipinski definition) is 2. The van der Waals surface area contributed by atoms with Gasteiger partial charge in [-0.3, -0.25) is 9.59 Å². The zero-order valence-corrected chi connectivity index (χ0v) is 15.7. The van der Waals surface area contributed by atoms with Crippen molar-refractivity contribution < 1.29 is 38.3 Å². The van der Waals surface area contributed by atoms with Gasteiger partial charge < -0.3 is 29.3 Å². The number of rotatable bonds is 8. The van der Waals surface area contributed by atoms with E-state index in [4.69, 9.17) is 9.39 Å². The van der Waals surface area contributed by atoms with Gasteiger partial charge in [-0.1, -0.05) is 12.1 Å². The fraction of sp³-hybridized carbons (Fsp3) is 0.444. The number of nitrogens with one attached hydrogen (secondary N) is 1. The van der Waals surface area contributed by atoms with Crippen molar-refractivity contribution in [2.45, 2.75) is 45.5 Å². The molecule has 0 spiro atoms. The van der Waals surface area contributed by atoms with Crippen molar-refractivity contribution in [1.82, 2.24) is 5.32 Å². The third kappa shape index (κ3) is 6.09. The molecule has 0 saturated carbocycles. The molecule has 0 fully saturated rings. The van der Waals surface area contributed by atoms with Crippen molar-refractivity contribution in [2.75, 3.05) is 6.79 Å². The monoisotopic (exact) mass is 391 g/mol. The molecule has 28 heavy (non-hydrogen) atoms. The summed E-state index contributed by atoms with van der Waals surface area (Å²) < 4.78 is 14.9. The molecule has 1 aromatic carbocycles. The fourth-order valence-electron chi connectivity index (χ4n) is 2.73. The Balaban J connectivity index is 2.00. The maximum atomic E-state index is 12.2. The van der Waals surface area contributed by atoms with Crippen LogP contribution in [0.3, 0.4) is 0 Å². The molecule has 2 N–H and O–H groups in total. The Morgan fingerprint density at radius 1 is 1.21 bits per heavy atom. The van der Waals surface area contributed by atoms with Gasteiger partial charge in [0.25, 0.3) is 0 Å². The highest BCUT2D eigenvalue weighted by molar-refractivity contribution is 6.47. The highest BCUT2D eigenvalue weighted by atomic mass is 16.7. The molecule has 1 unspecified atom stereocenters. The maximum Gasteiger partial charge on any atom is 0.547 e. The fourth-order valence-corrected chi connectivity index (χ4v) is 2.73. The van der Waals surface area contributed by atoms with Gasteiger partial charge in [-0.2, -0.15) is 0 Å². The molecule has 1 amide bonds. The van der Waals surface area contributed by atoms with E-state index in [1.54, 1.807) is 12.1 Å². The lowest BCUT2D eigenvalue weighted by atomic mass is 9.72. The number of ether oxygens (including phenoxy) is 2. The van der Waals surface area contributed by atoms with Crippen LogP contribution in [0.4, 0.5) is 0 Å². The van der Waals surface area contributed by atoms with E-state index in [9.17, 15) is 24.2 Å². The van der Waals surface area contributed by atoms with Crippen LogP contribution < -0.4 is 9.97 Å². The number of ketones is 1. The van der Waals surface area contributed by atoms with Gasteiger partial charge in [-0.15, -0.1) is 0 Å². The minimum atomic E-state index is -1.35. The number of carbonyl (C=O) groups excluding carboxylic acids is 4. The quantitative estimate of drug-likeness (QED) is 0.374. The highest BCUT2D eigenvalue weighted by Gasteiger charge is 2.37. The molecule has 1 heterocycles. The van der Waals surface area contributed by atoms with E-state index in [1.807, 2.05) is 0 Å². The Morgan fingerprint density at radius 2 is 1.96 bits per heavy atom. The standard InChI is InChI=1S/C18H22BNO8/c1-11(21)5-3-8-16(23)20-15-9-13-6-4-7-14(17(13)28-19(15)25)18(24)27-10-26-12(2)22/h4,6-7,15,25H,3,5,8-10H2,1-2H3,(H,20,23). The summed E-state index contributed by atoms with van der Waals surface area (Å²) in [6, 6.07) is 4.79. The van der Waals surface area contributed by atoms with Crippen LogP contribution in [-0.4, -0.2) is 48.5 Å². The summed E-state index contributed by atoms with van der Waals surface area (Å²) in [5, 5.41) is 12.9. The van der Waals surface area contributed by atoms with E-state index in [0.29, 0.717) is 18.4 Å². The van der Waals surface area contributed by atoms with Crippen LogP contribution >= 0.6 is 0 Å². The van der Waals surface area contributed by atoms with Crippen LogP contribution in [0.5, 0.6) is 5.75 Å². The normalized spacial score (nSPS) is 15.1. The van der Waals surface area contributed by atoms with E-state index in [2.05, 4.69) is 10.1 Å². The molecule has 1 aliphatic rings. The predicted octanol–water partition coefficient (Wildman–Crippen LogP) is 0.563. The summed E-state index contributed by atoms with van der Waals surface area (Å²) in [5.74, 6) is -2.17. The lowest BCUT2D eigenvalue weighted by Gasteiger charge is -2.29. The average molecular weight is 391 g/mol. The second-order valence-corrected chi connectivity index (χ2v) is 6.42. The molecule has 0 saturated heterocycles. The zero-order valence-electron chi connectivity index (χ0n) is 15.7. The van der Waals surface area contributed by atoms with Gasteiger partial charge in [0.15, 0.2) is 0 Å². The molecular formula is C18H22BNO8. The van der Waals surface area contributed by atoms with Crippen molar-refractivity contribution in [3.63, 3.8) is 0 Å². The van der Waals surface area contributed by atoms with Crippen molar-refractivity contribution >= 4 is 30.7 Å². The predicted molar refractivity (Wildman–Crippen MR) is 97.3 cm³/mol. The molecule has 10 heteroatoms. The number of carbonyl (C=O) groups is 4. The van der Waals surface area contributed by atoms with Gasteiger partial charge in [0.1, 0.15) is 17.1 Å². The average Bonchev–Trinajstić information content (AvgIpc) is 2.61. The van der Waals surface area contributed by atoms with Crippen LogP contribution in [0.25, 0.3) is 0 Å².